The van der Waals surface area contributed by atoms with Gasteiger partial charge in [-0.1, -0.05) is 6.42 Å². The number of nitrogens with two attached hydrogens (primary N) is 1. The first kappa shape index (κ1) is 18.0. The molecule has 0 saturated heterocycles. The molecule has 1 aliphatic carbocycles. The predicted octanol–water partition coefficient (Wildman–Crippen LogP) is 1.31. The van der Waals surface area contributed by atoms with Gasteiger partial charge >= 0.3 is 0 Å². The van der Waals surface area contributed by atoms with E-state index in [1.807, 2.05) is 0 Å². The van der Waals surface area contributed by atoms with Gasteiger partial charge in [-0.2, -0.15) is 0 Å². The van der Waals surface area contributed by atoms with E-state index in [1.165, 1.54) is 11.1 Å². The van der Waals surface area contributed by atoms with Crippen LogP contribution in [-0.2, 0) is 17.8 Å². The maximum Gasteiger partial charge on any atom is 0.224 e. The highest BCUT2D eigenvalue weighted by molar-refractivity contribution is 5.79. The van der Waals surface area contributed by atoms with E-state index in [2.05, 4.69) is 22.3 Å². The van der Waals surface area contributed by atoms with E-state index in [0.29, 0.717) is 6.54 Å². The summed E-state index contributed by atoms with van der Waals surface area (Å²) in [7, 11) is 3.33. The largest absolute Gasteiger partial charge is 0.493 e. The van der Waals surface area contributed by atoms with Gasteiger partial charge in [-0.3, -0.25) is 9.69 Å². The summed E-state index contributed by atoms with van der Waals surface area (Å²) in [5.41, 5.74) is 8.59. The molecule has 1 aromatic rings. The van der Waals surface area contributed by atoms with E-state index < -0.39 is 0 Å². The fourth-order valence-corrected chi connectivity index (χ4v) is 3.92. The quantitative estimate of drug-likeness (QED) is 0.811. The molecule has 0 spiro atoms. The summed E-state index contributed by atoms with van der Waals surface area (Å²) in [6.45, 7) is 3.38. The van der Waals surface area contributed by atoms with Crippen LogP contribution in [0.25, 0.3) is 0 Å². The van der Waals surface area contributed by atoms with Crippen LogP contribution in [0.3, 0.4) is 0 Å². The lowest BCUT2D eigenvalue weighted by molar-refractivity contribution is -0.125. The third-order valence-corrected chi connectivity index (χ3v) is 5.43. The molecule has 1 aromatic carbocycles. The van der Waals surface area contributed by atoms with Gasteiger partial charge in [0.25, 0.3) is 0 Å². The van der Waals surface area contributed by atoms with Gasteiger partial charge in [0.2, 0.25) is 5.91 Å². The summed E-state index contributed by atoms with van der Waals surface area (Å²) in [4.78, 5) is 14.6. The van der Waals surface area contributed by atoms with Crippen molar-refractivity contribution in [2.75, 3.05) is 33.9 Å². The standard InChI is InChI=1S/C19H29N3O3/c1-24-17-10-13-6-8-22(12-14(13)11-18(17)25-2)9-7-21-19(23)15-4-3-5-16(15)20/h10-11,15-16H,3-9,12,20H2,1-2H3,(H,21,23)/t15-,16-/m0/s1. The number of benzene rings is 1. The van der Waals surface area contributed by atoms with Crippen LogP contribution in [0.2, 0.25) is 0 Å². The lowest BCUT2D eigenvalue weighted by Crippen LogP contribution is -2.42. The minimum absolute atomic E-state index is 0.00110. The molecule has 0 aromatic heterocycles. The lowest BCUT2D eigenvalue weighted by atomic mass is 9.99. The van der Waals surface area contributed by atoms with Crippen LogP contribution >= 0.6 is 0 Å². The van der Waals surface area contributed by atoms with Crippen molar-refractivity contribution in [1.29, 1.82) is 0 Å². The van der Waals surface area contributed by atoms with Gasteiger partial charge in [0.05, 0.1) is 20.1 Å². The summed E-state index contributed by atoms with van der Waals surface area (Å²) in [6, 6.07) is 4.18. The van der Waals surface area contributed by atoms with Crippen molar-refractivity contribution in [3.8, 4) is 11.5 Å². The number of ether oxygens (including phenoxy) is 2. The van der Waals surface area contributed by atoms with E-state index >= 15 is 0 Å². The topological polar surface area (TPSA) is 76.8 Å². The molecule has 2 aliphatic rings. The Balaban J connectivity index is 1.52. The molecule has 138 valence electrons. The van der Waals surface area contributed by atoms with Crippen LogP contribution in [-0.4, -0.2) is 50.7 Å². The number of nitrogens with one attached hydrogen (secondary N) is 1. The Morgan fingerprint density at radius 3 is 2.60 bits per heavy atom. The molecule has 1 heterocycles. The fraction of sp³-hybridized carbons (Fsp3) is 0.632. The number of methoxy groups -OCH3 is 2. The van der Waals surface area contributed by atoms with Crippen LogP contribution in [0.1, 0.15) is 30.4 Å². The zero-order valence-electron chi connectivity index (χ0n) is 15.2. The Hall–Kier alpha value is -1.79. The fourth-order valence-electron chi connectivity index (χ4n) is 3.92. The van der Waals surface area contributed by atoms with Crippen LogP contribution in [0, 0.1) is 5.92 Å². The molecule has 2 atom stereocenters. The Morgan fingerprint density at radius 2 is 1.96 bits per heavy atom. The Morgan fingerprint density at radius 1 is 1.24 bits per heavy atom. The van der Waals surface area contributed by atoms with Crippen LogP contribution in [0.15, 0.2) is 12.1 Å². The van der Waals surface area contributed by atoms with E-state index in [1.54, 1.807) is 14.2 Å². The zero-order valence-corrected chi connectivity index (χ0v) is 15.2. The van der Waals surface area contributed by atoms with Crippen molar-refractivity contribution in [1.82, 2.24) is 10.2 Å². The molecular formula is C19H29N3O3. The van der Waals surface area contributed by atoms with Gasteiger partial charge in [-0.05, 0) is 42.5 Å². The SMILES string of the molecule is COc1cc2c(cc1OC)CN(CCNC(=O)[C@H]1CCC[C@@H]1N)CC2. The number of fused-ring (bicyclic) bond motifs is 1. The number of carbonyl (C=O) groups excluding carboxylic acids is 1. The molecule has 3 rings (SSSR count). The summed E-state index contributed by atoms with van der Waals surface area (Å²) in [6.07, 6.45) is 3.93. The maximum absolute atomic E-state index is 12.2. The molecular weight excluding hydrogens is 318 g/mol. The molecule has 6 nitrogen and oxygen atoms in total. The normalized spacial score (nSPS) is 23.2. The molecule has 25 heavy (non-hydrogen) atoms. The van der Waals surface area contributed by atoms with Gasteiger partial charge in [0.15, 0.2) is 11.5 Å². The first-order valence-electron chi connectivity index (χ1n) is 9.11. The van der Waals surface area contributed by atoms with Crippen molar-refractivity contribution in [2.24, 2.45) is 11.7 Å². The van der Waals surface area contributed by atoms with Crippen molar-refractivity contribution in [3.63, 3.8) is 0 Å². The first-order valence-corrected chi connectivity index (χ1v) is 9.11. The van der Waals surface area contributed by atoms with Crippen LogP contribution in [0.4, 0.5) is 0 Å². The number of amides is 1. The van der Waals surface area contributed by atoms with E-state index in [9.17, 15) is 4.79 Å². The second kappa shape index (κ2) is 8.06. The average molecular weight is 347 g/mol. The van der Waals surface area contributed by atoms with E-state index in [-0.39, 0.29) is 17.9 Å². The van der Waals surface area contributed by atoms with Gasteiger partial charge in [-0.15, -0.1) is 0 Å². The van der Waals surface area contributed by atoms with E-state index in [0.717, 1.165) is 56.8 Å². The Bertz CT molecular complexity index is 620. The summed E-state index contributed by atoms with van der Waals surface area (Å²) >= 11 is 0. The highest BCUT2D eigenvalue weighted by Gasteiger charge is 2.30. The highest BCUT2D eigenvalue weighted by atomic mass is 16.5. The monoisotopic (exact) mass is 347 g/mol. The Labute approximate surface area is 149 Å². The van der Waals surface area contributed by atoms with Crippen molar-refractivity contribution < 1.29 is 14.3 Å². The molecule has 0 radical (unpaired) electrons. The van der Waals surface area contributed by atoms with Gasteiger partial charge in [0.1, 0.15) is 0 Å². The number of rotatable bonds is 6. The number of hydrogen-bond donors (Lipinski definition) is 2. The number of hydrogen-bond acceptors (Lipinski definition) is 5. The highest BCUT2D eigenvalue weighted by Crippen LogP contribution is 2.33. The molecule has 1 saturated carbocycles. The minimum Gasteiger partial charge on any atom is -0.493 e. The van der Waals surface area contributed by atoms with Crippen molar-refractivity contribution in [2.45, 2.75) is 38.3 Å². The molecule has 1 aliphatic heterocycles. The number of carbonyl (C=O) groups is 1. The molecule has 3 N–H and O–H groups in total. The van der Waals surface area contributed by atoms with Gasteiger partial charge < -0.3 is 20.5 Å². The molecule has 6 heteroatoms. The zero-order chi connectivity index (χ0) is 17.8. The minimum atomic E-state index is -0.00110. The van der Waals surface area contributed by atoms with Gasteiger partial charge in [-0.25, -0.2) is 0 Å². The van der Waals surface area contributed by atoms with Gasteiger partial charge in [0, 0.05) is 32.2 Å². The van der Waals surface area contributed by atoms with Crippen molar-refractivity contribution in [3.05, 3.63) is 23.3 Å². The summed E-state index contributed by atoms with van der Waals surface area (Å²) in [5.74, 6) is 1.68. The molecule has 0 unspecified atom stereocenters. The molecule has 1 fully saturated rings. The second-order valence-electron chi connectivity index (χ2n) is 6.99. The van der Waals surface area contributed by atoms with Crippen LogP contribution < -0.4 is 20.5 Å². The average Bonchev–Trinajstić information content (AvgIpc) is 3.06. The first-order chi connectivity index (χ1) is 12.1. The lowest BCUT2D eigenvalue weighted by Gasteiger charge is -2.29. The van der Waals surface area contributed by atoms with Crippen LogP contribution in [0.5, 0.6) is 11.5 Å². The maximum atomic E-state index is 12.2. The molecule has 0 bridgehead atoms. The third kappa shape index (κ3) is 4.07. The second-order valence-corrected chi connectivity index (χ2v) is 6.99. The number of nitrogens with zero attached hydrogens (tertiary/aromatic N) is 1. The van der Waals surface area contributed by atoms with E-state index in [4.69, 9.17) is 15.2 Å². The third-order valence-electron chi connectivity index (χ3n) is 5.43. The van der Waals surface area contributed by atoms with Crippen molar-refractivity contribution >= 4 is 5.91 Å². The molecule has 1 amide bonds. The smallest absolute Gasteiger partial charge is 0.224 e. The summed E-state index contributed by atoms with van der Waals surface area (Å²) < 4.78 is 10.8. The summed E-state index contributed by atoms with van der Waals surface area (Å²) in [5, 5.41) is 3.06. The predicted molar refractivity (Wildman–Crippen MR) is 96.9 cm³/mol. The Kier molecular flexibility index (Phi) is 5.81.